The number of carbonyl (C=O) groups is 1. The molecule has 0 radical (unpaired) electrons. The van der Waals surface area contributed by atoms with Crippen LogP contribution in [0.15, 0.2) is 46.2 Å². The number of nitrogens with zero attached hydrogens (tertiary/aromatic N) is 3. The Morgan fingerprint density at radius 3 is 1.84 bits per heavy atom. The quantitative estimate of drug-likeness (QED) is 0.897. The fraction of sp³-hybridized carbons (Fsp3) is 0.316. The van der Waals surface area contributed by atoms with Crippen molar-refractivity contribution in [2.45, 2.75) is 16.7 Å². The number of anilines is 4. The Balaban J connectivity index is 2.13. The second-order valence-corrected chi connectivity index (χ2v) is 7.45. The fourth-order valence-corrected chi connectivity index (χ4v) is 3.92. The van der Waals surface area contributed by atoms with Gasteiger partial charge in [0.15, 0.2) is 0 Å². The van der Waals surface area contributed by atoms with Crippen LogP contribution in [0.25, 0.3) is 0 Å². The van der Waals surface area contributed by atoms with E-state index >= 15 is 0 Å². The number of carbonyl (C=O) groups excluding carboxylic acids is 1. The average Bonchev–Trinajstić information content (AvgIpc) is 2.58. The molecule has 5 nitrogen and oxygen atoms in total. The van der Waals surface area contributed by atoms with Gasteiger partial charge in [-0.3, -0.25) is 4.90 Å². The molecule has 2 aromatic carbocycles. The average molecular weight is 356 g/mol. The summed E-state index contributed by atoms with van der Waals surface area (Å²) in [6, 6.07) is 12.3. The molecule has 1 aliphatic rings. The minimum atomic E-state index is -0.0968. The molecule has 0 saturated carbocycles. The van der Waals surface area contributed by atoms with Gasteiger partial charge in [0.1, 0.15) is 0 Å². The van der Waals surface area contributed by atoms with Gasteiger partial charge < -0.3 is 15.1 Å². The lowest BCUT2D eigenvalue weighted by Crippen LogP contribution is -2.38. The monoisotopic (exact) mass is 356 g/mol. The molecule has 0 unspecified atom stereocenters. The summed E-state index contributed by atoms with van der Waals surface area (Å²) in [5, 5.41) is 2.93. The Hall–Kier alpha value is -2.34. The van der Waals surface area contributed by atoms with Gasteiger partial charge in [0.05, 0.1) is 11.4 Å². The second kappa shape index (κ2) is 6.88. The van der Waals surface area contributed by atoms with Gasteiger partial charge in [-0.05, 0) is 43.3 Å². The predicted octanol–water partition coefficient (Wildman–Crippen LogP) is 4.15. The molecule has 0 saturated heterocycles. The van der Waals surface area contributed by atoms with Gasteiger partial charge in [-0.1, -0.05) is 11.8 Å². The number of hydrogen-bond donors (Lipinski definition) is 1. The molecular formula is C19H24N4OS. The van der Waals surface area contributed by atoms with Crippen molar-refractivity contribution in [1.29, 1.82) is 0 Å². The molecule has 0 spiro atoms. The van der Waals surface area contributed by atoms with E-state index in [1.807, 2.05) is 59.4 Å². The van der Waals surface area contributed by atoms with Crippen molar-refractivity contribution in [2.75, 3.05) is 49.4 Å². The van der Waals surface area contributed by atoms with Crippen LogP contribution in [0.1, 0.15) is 6.92 Å². The highest BCUT2D eigenvalue weighted by molar-refractivity contribution is 7.99. The smallest absolute Gasteiger partial charge is 0.326 e. The van der Waals surface area contributed by atoms with Crippen LogP contribution in [0.5, 0.6) is 0 Å². The summed E-state index contributed by atoms with van der Waals surface area (Å²) in [6.07, 6.45) is 0. The molecule has 25 heavy (non-hydrogen) atoms. The highest BCUT2D eigenvalue weighted by Gasteiger charge is 2.28. The number of rotatable bonds is 3. The maximum Gasteiger partial charge on any atom is 0.326 e. The lowest BCUT2D eigenvalue weighted by Gasteiger charge is -2.32. The van der Waals surface area contributed by atoms with Gasteiger partial charge in [-0.15, -0.1) is 0 Å². The molecule has 3 rings (SSSR count). The topological polar surface area (TPSA) is 38.8 Å². The predicted molar refractivity (Wildman–Crippen MR) is 107 cm³/mol. The summed E-state index contributed by atoms with van der Waals surface area (Å²) in [7, 11) is 8.09. The van der Waals surface area contributed by atoms with E-state index in [-0.39, 0.29) is 6.03 Å². The van der Waals surface area contributed by atoms with Gasteiger partial charge in [-0.25, -0.2) is 4.79 Å². The molecule has 1 heterocycles. The Labute approximate surface area is 153 Å². The summed E-state index contributed by atoms with van der Waals surface area (Å²) >= 11 is 1.71. The maximum absolute atomic E-state index is 12.7. The number of benzene rings is 2. The van der Waals surface area contributed by atoms with Crippen LogP contribution in [-0.2, 0) is 0 Å². The van der Waals surface area contributed by atoms with Crippen molar-refractivity contribution in [3.8, 4) is 0 Å². The van der Waals surface area contributed by atoms with Crippen LogP contribution in [0.3, 0.4) is 0 Å². The number of nitrogens with one attached hydrogen (secondary N) is 1. The number of amides is 2. The highest BCUT2D eigenvalue weighted by atomic mass is 32.2. The third-order valence-corrected chi connectivity index (χ3v) is 5.25. The van der Waals surface area contributed by atoms with Crippen LogP contribution in [0, 0.1) is 0 Å². The standard InChI is InChI=1S/C19H24N4OS/c1-6-20-19(24)23-15-9-7-13(21(2)3)11-17(15)25-18-12-14(22(4)5)8-10-16(18)23/h7-12H,6H2,1-5H3,(H,20,24). The lowest BCUT2D eigenvalue weighted by molar-refractivity contribution is 0.249. The highest BCUT2D eigenvalue weighted by Crippen LogP contribution is 2.50. The number of urea groups is 1. The van der Waals surface area contributed by atoms with E-state index in [9.17, 15) is 4.79 Å². The zero-order valence-electron chi connectivity index (χ0n) is 15.3. The van der Waals surface area contributed by atoms with Crippen LogP contribution in [-0.4, -0.2) is 40.8 Å². The normalized spacial score (nSPS) is 12.3. The zero-order valence-corrected chi connectivity index (χ0v) is 16.1. The van der Waals surface area contributed by atoms with Crippen molar-refractivity contribution < 1.29 is 4.79 Å². The van der Waals surface area contributed by atoms with Crippen molar-refractivity contribution in [3.63, 3.8) is 0 Å². The lowest BCUT2D eigenvalue weighted by atomic mass is 10.2. The van der Waals surface area contributed by atoms with E-state index in [4.69, 9.17) is 0 Å². The minimum Gasteiger partial charge on any atom is -0.378 e. The minimum absolute atomic E-state index is 0.0968. The molecule has 132 valence electrons. The molecule has 1 aliphatic heterocycles. The molecule has 0 fully saturated rings. The fourth-order valence-electron chi connectivity index (χ4n) is 2.79. The molecule has 0 bridgehead atoms. The Kier molecular flexibility index (Phi) is 4.81. The Morgan fingerprint density at radius 2 is 1.44 bits per heavy atom. The van der Waals surface area contributed by atoms with E-state index in [0.717, 1.165) is 32.5 Å². The number of hydrogen-bond acceptors (Lipinski definition) is 4. The van der Waals surface area contributed by atoms with E-state index in [1.54, 1.807) is 16.7 Å². The van der Waals surface area contributed by atoms with Crippen LogP contribution in [0.4, 0.5) is 27.5 Å². The van der Waals surface area contributed by atoms with Gasteiger partial charge in [-0.2, -0.15) is 0 Å². The van der Waals surface area contributed by atoms with E-state index in [2.05, 4.69) is 27.2 Å². The molecular weight excluding hydrogens is 332 g/mol. The third-order valence-electron chi connectivity index (χ3n) is 4.15. The molecule has 2 aromatic rings. The van der Waals surface area contributed by atoms with Gasteiger partial charge in [0.2, 0.25) is 0 Å². The summed E-state index contributed by atoms with van der Waals surface area (Å²) < 4.78 is 0. The maximum atomic E-state index is 12.7. The SMILES string of the molecule is CCNC(=O)N1c2ccc(N(C)C)cc2Sc2cc(N(C)C)ccc21. The molecule has 0 aromatic heterocycles. The first-order valence-electron chi connectivity index (χ1n) is 8.31. The molecule has 0 aliphatic carbocycles. The van der Waals surface area contributed by atoms with Crippen LogP contribution >= 0.6 is 11.8 Å². The Bertz CT molecular complexity index is 747. The van der Waals surface area contributed by atoms with Crippen molar-refractivity contribution in [1.82, 2.24) is 5.32 Å². The number of fused-ring (bicyclic) bond motifs is 2. The first kappa shape index (κ1) is 17.5. The van der Waals surface area contributed by atoms with Crippen LogP contribution < -0.4 is 20.0 Å². The zero-order chi connectivity index (χ0) is 18.1. The second-order valence-electron chi connectivity index (χ2n) is 6.37. The first-order chi connectivity index (χ1) is 11.9. The molecule has 0 atom stereocenters. The van der Waals surface area contributed by atoms with Gasteiger partial charge in [0, 0.05) is 55.9 Å². The van der Waals surface area contributed by atoms with Gasteiger partial charge in [0.25, 0.3) is 0 Å². The van der Waals surface area contributed by atoms with Crippen molar-refractivity contribution in [3.05, 3.63) is 36.4 Å². The third kappa shape index (κ3) is 3.26. The molecule has 6 heteroatoms. The van der Waals surface area contributed by atoms with Crippen molar-refractivity contribution in [2.24, 2.45) is 0 Å². The van der Waals surface area contributed by atoms with E-state index in [0.29, 0.717) is 6.54 Å². The molecule has 1 N–H and O–H groups in total. The first-order valence-corrected chi connectivity index (χ1v) is 9.12. The molecule has 2 amide bonds. The largest absolute Gasteiger partial charge is 0.378 e. The van der Waals surface area contributed by atoms with Crippen LogP contribution in [0.2, 0.25) is 0 Å². The van der Waals surface area contributed by atoms with E-state index in [1.165, 1.54) is 0 Å². The summed E-state index contributed by atoms with van der Waals surface area (Å²) in [4.78, 5) is 20.8. The van der Waals surface area contributed by atoms with E-state index < -0.39 is 0 Å². The summed E-state index contributed by atoms with van der Waals surface area (Å²) in [5.41, 5.74) is 4.09. The Morgan fingerprint density at radius 1 is 0.960 bits per heavy atom. The van der Waals surface area contributed by atoms with Gasteiger partial charge >= 0.3 is 6.03 Å². The van der Waals surface area contributed by atoms with Crippen molar-refractivity contribution >= 4 is 40.5 Å². The summed E-state index contributed by atoms with van der Waals surface area (Å²) in [6.45, 7) is 2.53. The summed E-state index contributed by atoms with van der Waals surface area (Å²) in [5.74, 6) is 0.